The van der Waals surface area contributed by atoms with E-state index in [2.05, 4.69) is 5.10 Å². The van der Waals surface area contributed by atoms with Crippen LogP contribution in [0.15, 0.2) is 6.20 Å². The minimum atomic E-state index is -0.188. The highest BCUT2D eigenvalue weighted by atomic mass is 35.5. The zero-order valence-electron chi connectivity index (χ0n) is 9.69. The van der Waals surface area contributed by atoms with E-state index in [1.807, 2.05) is 14.0 Å². The van der Waals surface area contributed by atoms with Crippen LogP contribution in [0.25, 0.3) is 0 Å². The van der Waals surface area contributed by atoms with E-state index in [9.17, 15) is 0 Å². The standard InChI is InChI=1S/C11H18ClN3O/c1-3-16-11(7-4-5-7)9(13)10-8(12)6-14-15(10)2/h6-7,9,11H,3-5,13H2,1-2H3. The van der Waals surface area contributed by atoms with Gasteiger partial charge in [0.15, 0.2) is 0 Å². The normalized spacial score (nSPS) is 19.8. The average molecular weight is 244 g/mol. The van der Waals surface area contributed by atoms with Gasteiger partial charge in [-0.25, -0.2) is 0 Å². The first kappa shape index (κ1) is 11.9. The fourth-order valence-corrected chi connectivity index (χ4v) is 2.39. The van der Waals surface area contributed by atoms with Crippen LogP contribution in [0.2, 0.25) is 5.02 Å². The number of nitrogens with zero attached hydrogens (tertiary/aromatic N) is 2. The van der Waals surface area contributed by atoms with Crippen molar-refractivity contribution < 1.29 is 4.74 Å². The molecule has 5 heteroatoms. The first-order valence-electron chi connectivity index (χ1n) is 5.69. The van der Waals surface area contributed by atoms with Crippen LogP contribution in [-0.4, -0.2) is 22.5 Å². The first-order valence-corrected chi connectivity index (χ1v) is 6.07. The Kier molecular flexibility index (Phi) is 3.52. The monoisotopic (exact) mass is 243 g/mol. The lowest BCUT2D eigenvalue weighted by Crippen LogP contribution is -2.32. The maximum atomic E-state index is 6.24. The lowest BCUT2D eigenvalue weighted by Gasteiger charge is -2.24. The van der Waals surface area contributed by atoms with Gasteiger partial charge >= 0.3 is 0 Å². The summed E-state index contributed by atoms with van der Waals surface area (Å²) in [6.07, 6.45) is 4.10. The molecule has 1 aliphatic rings. The van der Waals surface area contributed by atoms with Crippen LogP contribution in [-0.2, 0) is 11.8 Å². The summed E-state index contributed by atoms with van der Waals surface area (Å²) in [4.78, 5) is 0. The summed E-state index contributed by atoms with van der Waals surface area (Å²) in [5.41, 5.74) is 7.11. The van der Waals surface area contributed by atoms with Gasteiger partial charge in [-0.05, 0) is 25.7 Å². The molecule has 2 rings (SSSR count). The molecule has 2 unspecified atom stereocenters. The molecule has 0 saturated heterocycles. The van der Waals surface area contributed by atoms with E-state index in [0.717, 1.165) is 5.69 Å². The Labute approximate surface area is 101 Å². The van der Waals surface area contributed by atoms with Gasteiger partial charge in [0, 0.05) is 13.7 Å². The quantitative estimate of drug-likeness (QED) is 0.859. The van der Waals surface area contributed by atoms with Gasteiger partial charge in [-0.3, -0.25) is 4.68 Å². The van der Waals surface area contributed by atoms with Gasteiger partial charge in [-0.2, -0.15) is 5.10 Å². The summed E-state index contributed by atoms with van der Waals surface area (Å²) in [5.74, 6) is 0.584. The average Bonchev–Trinajstić information content (AvgIpc) is 3.02. The third-order valence-corrected chi connectivity index (χ3v) is 3.34. The summed E-state index contributed by atoms with van der Waals surface area (Å²) in [5, 5.41) is 4.73. The first-order chi connectivity index (χ1) is 7.65. The number of halogens is 1. The van der Waals surface area contributed by atoms with Crippen LogP contribution < -0.4 is 5.73 Å². The van der Waals surface area contributed by atoms with Gasteiger partial charge in [0.05, 0.1) is 29.1 Å². The van der Waals surface area contributed by atoms with Crippen molar-refractivity contribution in [3.05, 3.63) is 16.9 Å². The fourth-order valence-electron chi connectivity index (χ4n) is 2.10. The van der Waals surface area contributed by atoms with Crippen LogP contribution in [0.1, 0.15) is 31.5 Å². The summed E-state index contributed by atoms with van der Waals surface area (Å²) in [6, 6.07) is -0.188. The predicted octanol–water partition coefficient (Wildman–Crippen LogP) is 1.89. The molecule has 0 bridgehead atoms. The van der Waals surface area contributed by atoms with E-state index in [1.165, 1.54) is 12.8 Å². The van der Waals surface area contributed by atoms with E-state index < -0.39 is 0 Å². The maximum Gasteiger partial charge on any atom is 0.0834 e. The van der Waals surface area contributed by atoms with Crippen LogP contribution in [0, 0.1) is 5.92 Å². The number of aryl methyl sites for hydroxylation is 1. The highest BCUT2D eigenvalue weighted by molar-refractivity contribution is 6.31. The molecule has 1 aromatic heterocycles. The second kappa shape index (κ2) is 4.73. The molecule has 2 N–H and O–H groups in total. The van der Waals surface area contributed by atoms with Gasteiger partial charge in [0.25, 0.3) is 0 Å². The molecule has 1 fully saturated rings. The Hall–Kier alpha value is -0.580. The molecule has 1 heterocycles. The summed E-state index contributed by atoms with van der Waals surface area (Å²) in [6.45, 7) is 2.68. The molecule has 1 aliphatic carbocycles. The second-order valence-corrected chi connectivity index (χ2v) is 4.69. The molecule has 1 saturated carbocycles. The predicted molar refractivity (Wildman–Crippen MR) is 63.3 cm³/mol. The van der Waals surface area contributed by atoms with E-state index in [-0.39, 0.29) is 12.1 Å². The van der Waals surface area contributed by atoms with Gasteiger partial charge in [0.2, 0.25) is 0 Å². The zero-order chi connectivity index (χ0) is 11.7. The lowest BCUT2D eigenvalue weighted by molar-refractivity contribution is 0.0265. The molecule has 4 nitrogen and oxygen atoms in total. The zero-order valence-corrected chi connectivity index (χ0v) is 10.4. The molecule has 90 valence electrons. The Balaban J connectivity index is 2.18. The van der Waals surface area contributed by atoms with Crippen molar-refractivity contribution >= 4 is 11.6 Å². The van der Waals surface area contributed by atoms with Crippen molar-refractivity contribution in [3.63, 3.8) is 0 Å². The van der Waals surface area contributed by atoms with E-state index >= 15 is 0 Å². The SMILES string of the molecule is CCOC(C1CC1)C(N)c1c(Cl)cnn1C. The molecular weight excluding hydrogens is 226 g/mol. The number of hydrogen-bond acceptors (Lipinski definition) is 3. The van der Waals surface area contributed by atoms with Crippen LogP contribution in [0.5, 0.6) is 0 Å². The molecule has 0 aliphatic heterocycles. The van der Waals surface area contributed by atoms with E-state index in [1.54, 1.807) is 10.9 Å². The van der Waals surface area contributed by atoms with Crippen molar-refractivity contribution in [2.45, 2.75) is 31.9 Å². The summed E-state index contributed by atoms with van der Waals surface area (Å²) in [7, 11) is 1.86. The molecule has 0 spiro atoms. The minimum Gasteiger partial charge on any atom is -0.376 e. The maximum absolute atomic E-state index is 6.24. The van der Waals surface area contributed by atoms with Crippen molar-refractivity contribution in [3.8, 4) is 0 Å². The highest BCUT2D eigenvalue weighted by Gasteiger charge is 2.38. The van der Waals surface area contributed by atoms with Crippen molar-refractivity contribution in [2.24, 2.45) is 18.7 Å². The number of aromatic nitrogens is 2. The largest absolute Gasteiger partial charge is 0.376 e. The van der Waals surface area contributed by atoms with Crippen molar-refractivity contribution in [1.29, 1.82) is 0 Å². The highest BCUT2D eigenvalue weighted by Crippen LogP contribution is 2.40. The van der Waals surface area contributed by atoms with Crippen molar-refractivity contribution in [1.82, 2.24) is 9.78 Å². The van der Waals surface area contributed by atoms with Gasteiger partial charge in [-0.15, -0.1) is 0 Å². The van der Waals surface area contributed by atoms with Gasteiger partial charge in [-0.1, -0.05) is 11.6 Å². The molecule has 0 amide bonds. The summed E-state index contributed by atoms with van der Waals surface area (Å²) < 4.78 is 7.47. The number of ether oxygens (including phenoxy) is 1. The van der Waals surface area contributed by atoms with Gasteiger partial charge < -0.3 is 10.5 Å². The fraction of sp³-hybridized carbons (Fsp3) is 0.727. The van der Waals surface area contributed by atoms with Crippen molar-refractivity contribution in [2.75, 3.05) is 6.61 Å². The third kappa shape index (κ3) is 2.24. The van der Waals surface area contributed by atoms with E-state index in [0.29, 0.717) is 17.5 Å². The third-order valence-electron chi connectivity index (χ3n) is 3.05. The molecular formula is C11H18ClN3O. The minimum absolute atomic E-state index is 0.0675. The van der Waals surface area contributed by atoms with E-state index in [4.69, 9.17) is 22.1 Å². The number of rotatable bonds is 5. The van der Waals surface area contributed by atoms with Crippen LogP contribution in [0.4, 0.5) is 0 Å². The van der Waals surface area contributed by atoms with Gasteiger partial charge in [0.1, 0.15) is 0 Å². The number of hydrogen-bond donors (Lipinski definition) is 1. The Morgan fingerprint density at radius 2 is 2.38 bits per heavy atom. The van der Waals surface area contributed by atoms with Crippen LogP contribution >= 0.6 is 11.6 Å². The Morgan fingerprint density at radius 1 is 1.69 bits per heavy atom. The topological polar surface area (TPSA) is 53.1 Å². The second-order valence-electron chi connectivity index (χ2n) is 4.28. The molecule has 0 radical (unpaired) electrons. The number of nitrogens with two attached hydrogens (primary N) is 1. The molecule has 16 heavy (non-hydrogen) atoms. The molecule has 1 aromatic rings. The van der Waals surface area contributed by atoms with Crippen LogP contribution in [0.3, 0.4) is 0 Å². The smallest absolute Gasteiger partial charge is 0.0834 e. The lowest BCUT2D eigenvalue weighted by atomic mass is 10.0. The Morgan fingerprint density at radius 3 is 2.81 bits per heavy atom. The summed E-state index contributed by atoms with van der Waals surface area (Å²) >= 11 is 6.09. The molecule has 2 atom stereocenters. The Bertz CT molecular complexity index is 343. The molecule has 0 aromatic carbocycles.